The average Bonchev–Trinajstić information content (AvgIpc) is 2.31. The third-order valence-corrected chi connectivity index (χ3v) is 4.46. The molecule has 0 aromatic carbocycles. The molecule has 7 heteroatoms. The molecule has 3 N–H and O–H groups in total. The molecular weight excluding hydrogens is 254 g/mol. The number of nitrogens with two attached hydrogens (primary N) is 1. The number of rotatable bonds is 6. The second kappa shape index (κ2) is 7.06. The molecule has 0 spiro atoms. The Morgan fingerprint density at radius 3 is 2.56 bits per heavy atom. The molecule has 0 aromatic rings. The van der Waals surface area contributed by atoms with Crippen molar-refractivity contribution in [1.29, 1.82) is 0 Å². The van der Waals surface area contributed by atoms with Gasteiger partial charge in [-0.2, -0.15) is 0 Å². The first-order valence-electron chi connectivity index (χ1n) is 6.44. The zero-order valence-electron chi connectivity index (χ0n) is 10.9. The highest BCUT2D eigenvalue weighted by Gasteiger charge is 2.16. The van der Waals surface area contributed by atoms with Gasteiger partial charge in [0.2, 0.25) is 15.9 Å². The summed E-state index contributed by atoms with van der Waals surface area (Å²) in [6.07, 6.45) is 2.93. The second-order valence-corrected chi connectivity index (χ2v) is 6.72. The lowest BCUT2D eigenvalue weighted by atomic mass is 10.1. The molecule has 0 bridgehead atoms. The molecule has 6 nitrogen and oxygen atoms in total. The second-order valence-electron chi connectivity index (χ2n) is 4.71. The van der Waals surface area contributed by atoms with Gasteiger partial charge in [-0.25, -0.2) is 8.42 Å². The molecule has 1 aliphatic heterocycles. The zero-order valence-corrected chi connectivity index (χ0v) is 11.7. The summed E-state index contributed by atoms with van der Waals surface area (Å²) in [4.78, 5) is 13.7. The predicted octanol–water partition coefficient (Wildman–Crippen LogP) is -0.344. The maximum Gasteiger partial charge on any atom is 0.234 e. The SMILES string of the molecule is CCS(=O)(=O)NC(=O)CCCN1CCC(N)CC1. The number of piperidine rings is 1. The van der Waals surface area contributed by atoms with Crippen LogP contribution in [-0.4, -0.2) is 50.7 Å². The number of amides is 1. The van der Waals surface area contributed by atoms with Crippen molar-refractivity contribution in [2.24, 2.45) is 5.73 Å². The van der Waals surface area contributed by atoms with Gasteiger partial charge in [-0.1, -0.05) is 0 Å². The van der Waals surface area contributed by atoms with E-state index in [4.69, 9.17) is 5.73 Å². The Morgan fingerprint density at radius 2 is 2.00 bits per heavy atom. The largest absolute Gasteiger partial charge is 0.328 e. The van der Waals surface area contributed by atoms with Crippen molar-refractivity contribution in [3.8, 4) is 0 Å². The molecule has 0 radical (unpaired) electrons. The van der Waals surface area contributed by atoms with Crippen LogP contribution < -0.4 is 10.5 Å². The molecule has 0 aliphatic carbocycles. The van der Waals surface area contributed by atoms with Crippen LogP contribution in [0.25, 0.3) is 0 Å². The van der Waals surface area contributed by atoms with Crippen molar-refractivity contribution < 1.29 is 13.2 Å². The Balaban J connectivity index is 2.16. The maximum atomic E-state index is 11.4. The van der Waals surface area contributed by atoms with Crippen LogP contribution in [0.2, 0.25) is 0 Å². The summed E-state index contributed by atoms with van der Waals surface area (Å²) in [6.45, 7) is 4.27. The lowest BCUT2D eigenvalue weighted by molar-refractivity contribution is -0.119. The lowest BCUT2D eigenvalue weighted by Crippen LogP contribution is -2.40. The Kier molecular flexibility index (Phi) is 6.04. The molecule has 106 valence electrons. The average molecular weight is 277 g/mol. The van der Waals surface area contributed by atoms with Gasteiger partial charge < -0.3 is 10.6 Å². The monoisotopic (exact) mass is 277 g/mol. The van der Waals surface area contributed by atoms with Crippen LogP contribution in [0.1, 0.15) is 32.6 Å². The van der Waals surface area contributed by atoms with E-state index in [1.165, 1.54) is 6.92 Å². The van der Waals surface area contributed by atoms with E-state index >= 15 is 0 Å². The number of carbonyl (C=O) groups is 1. The highest BCUT2D eigenvalue weighted by molar-refractivity contribution is 7.90. The molecule has 0 atom stereocenters. The quantitative estimate of drug-likeness (QED) is 0.692. The minimum Gasteiger partial charge on any atom is -0.328 e. The fourth-order valence-electron chi connectivity index (χ4n) is 1.94. The van der Waals surface area contributed by atoms with Gasteiger partial charge >= 0.3 is 0 Å². The van der Waals surface area contributed by atoms with Gasteiger partial charge in [0.25, 0.3) is 0 Å². The van der Waals surface area contributed by atoms with Crippen LogP contribution in [0.3, 0.4) is 0 Å². The molecular formula is C11H23N3O3S. The number of likely N-dealkylation sites (tertiary alicyclic amines) is 1. The fourth-order valence-corrected chi connectivity index (χ4v) is 2.53. The molecule has 1 amide bonds. The number of nitrogens with one attached hydrogen (secondary N) is 1. The van der Waals surface area contributed by atoms with Crippen LogP contribution in [0.4, 0.5) is 0 Å². The summed E-state index contributed by atoms with van der Waals surface area (Å²) >= 11 is 0. The van der Waals surface area contributed by atoms with E-state index in [1.807, 2.05) is 4.72 Å². The van der Waals surface area contributed by atoms with Crippen LogP contribution >= 0.6 is 0 Å². The van der Waals surface area contributed by atoms with Gasteiger partial charge in [-0.3, -0.25) is 9.52 Å². The molecule has 1 rings (SSSR count). The van der Waals surface area contributed by atoms with E-state index in [0.717, 1.165) is 32.5 Å². The maximum absolute atomic E-state index is 11.4. The number of carbonyl (C=O) groups excluding carboxylic acids is 1. The third kappa shape index (κ3) is 5.79. The van der Waals surface area contributed by atoms with Crippen LogP contribution in [0.5, 0.6) is 0 Å². The van der Waals surface area contributed by atoms with Crippen molar-refractivity contribution >= 4 is 15.9 Å². The summed E-state index contributed by atoms with van der Waals surface area (Å²) < 4.78 is 24.4. The zero-order chi connectivity index (χ0) is 13.6. The standard InChI is InChI=1S/C11H23N3O3S/c1-2-18(16,17)13-11(15)4-3-7-14-8-5-10(12)6-9-14/h10H,2-9,12H2,1H3,(H,13,15). The smallest absolute Gasteiger partial charge is 0.234 e. The predicted molar refractivity (Wildman–Crippen MR) is 70.5 cm³/mol. The van der Waals surface area contributed by atoms with Gasteiger partial charge in [-0.05, 0) is 45.8 Å². The van der Waals surface area contributed by atoms with Crippen molar-refractivity contribution in [2.75, 3.05) is 25.4 Å². The molecule has 0 unspecified atom stereocenters. The number of hydrogen-bond acceptors (Lipinski definition) is 5. The summed E-state index contributed by atoms with van der Waals surface area (Å²) in [5.74, 6) is -0.478. The lowest BCUT2D eigenvalue weighted by Gasteiger charge is -2.29. The Morgan fingerprint density at radius 1 is 1.39 bits per heavy atom. The van der Waals surface area contributed by atoms with E-state index in [0.29, 0.717) is 12.5 Å². The topological polar surface area (TPSA) is 92.5 Å². The van der Waals surface area contributed by atoms with Crippen LogP contribution in [-0.2, 0) is 14.8 Å². The van der Waals surface area contributed by atoms with Crippen molar-refractivity contribution in [3.05, 3.63) is 0 Å². The van der Waals surface area contributed by atoms with Gasteiger partial charge in [0.15, 0.2) is 0 Å². The van der Waals surface area contributed by atoms with Crippen molar-refractivity contribution in [2.45, 2.75) is 38.6 Å². The molecule has 1 aliphatic rings. The number of nitrogens with zero attached hydrogens (tertiary/aromatic N) is 1. The molecule has 0 saturated carbocycles. The summed E-state index contributed by atoms with van der Waals surface area (Å²) in [6, 6.07) is 0.305. The van der Waals surface area contributed by atoms with Gasteiger partial charge in [0.1, 0.15) is 0 Å². The van der Waals surface area contributed by atoms with E-state index in [-0.39, 0.29) is 12.2 Å². The summed E-state index contributed by atoms with van der Waals surface area (Å²) in [5, 5.41) is 0. The third-order valence-electron chi connectivity index (χ3n) is 3.16. The highest BCUT2D eigenvalue weighted by atomic mass is 32.2. The normalized spacial score (nSPS) is 18.8. The van der Waals surface area contributed by atoms with E-state index in [9.17, 15) is 13.2 Å². The van der Waals surface area contributed by atoms with Gasteiger partial charge in [0.05, 0.1) is 5.75 Å². The first kappa shape index (κ1) is 15.4. The molecule has 1 saturated heterocycles. The molecule has 1 heterocycles. The van der Waals surface area contributed by atoms with Crippen molar-refractivity contribution in [1.82, 2.24) is 9.62 Å². The van der Waals surface area contributed by atoms with Gasteiger partial charge in [-0.15, -0.1) is 0 Å². The van der Waals surface area contributed by atoms with Gasteiger partial charge in [0, 0.05) is 12.5 Å². The van der Waals surface area contributed by atoms with E-state index in [1.54, 1.807) is 0 Å². The minimum absolute atomic E-state index is 0.0667. The first-order chi connectivity index (χ1) is 8.43. The van der Waals surface area contributed by atoms with Crippen molar-refractivity contribution in [3.63, 3.8) is 0 Å². The molecule has 18 heavy (non-hydrogen) atoms. The summed E-state index contributed by atoms with van der Waals surface area (Å²) in [5.41, 5.74) is 5.80. The Labute approximate surface area is 109 Å². The summed E-state index contributed by atoms with van der Waals surface area (Å²) in [7, 11) is -3.41. The number of sulfonamides is 1. The Bertz CT molecular complexity index is 362. The minimum atomic E-state index is -3.41. The number of hydrogen-bond donors (Lipinski definition) is 2. The fraction of sp³-hybridized carbons (Fsp3) is 0.909. The Hall–Kier alpha value is -0.660. The van der Waals surface area contributed by atoms with E-state index in [2.05, 4.69) is 4.90 Å². The van der Waals surface area contributed by atoms with Crippen LogP contribution in [0, 0.1) is 0 Å². The van der Waals surface area contributed by atoms with E-state index < -0.39 is 15.9 Å². The first-order valence-corrected chi connectivity index (χ1v) is 8.09. The molecule has 0 aromatic heterocycles. The van der Waals surface area contributed by atoms with Crippen LogP contribution in [0.15, 0.2) is 0 Å². The molecule has 1 fully saturated rings. The highest BCUT2D eigenvalue weighted by Crippen LogP contribution is 2.08.